The van der Waals surface area contributed by atoms with Gasteiger partial charge >= 0.3 is 0 Å². The summed E-state index contributed by atoms with van der Waals surface area (Å²) in [6, 6.07) is 10.6. The van der Waals surface area contributed by atoms with Gasteiger partial charge in [0.1, 0.15) is 5.01 Å². The highest BCUT2D eigenvalue weighted by Gasteiger charge is 2.21. The molecule has 0 fully saturated rings. The second-order valence-electron chi connectivity index (χ2n) is 6.73. The standard InChI is InChI=1S/C21H17Cl2N5O2S2/c1-2-12-32(29,30)28-15-5-3-4-14(17(15)22)18-19(16-8-11-25-21(23)26-16)31-20(27-18)13-6-9-24-10-7-13/h3-11,28H,2,12H2,1H3. The lowest BCUT2D eigenvalue weighted by Gasteiger charge is -2.12. The molecule has 32 heavy (non-hydrogen) atoms. The molecule has 0 unspecified atom stereocenters. The summed E-state index contributed by atoms with van der Waals surface area (Å²) in [7, 11) is -3.51. The molecule has 0 amide bonds. The van der Waals surface area contributed by atoms with Crippen molar-refractivity contribution in [2.75, 3.05) is 10.5 Å². The molecule has 0 spiro atoms. The van der Waals surface area contributed by atoms with E-state index in [9.17, 15) is 8.42 Å². The van der Waals surface area contributed by atoms with Crippen LogP contribution in [0.4, 0.5) is 5.69 Å². The van der Waals surface area contributed by atoms with Gasteiger partial charge in [-0.2, -0.15) is 0 Å². The highest BCUT2D eigenvalue weighted by molar-refractivity contribution is 7.92. The fourth-order valence-electron chi connectivity index (χ4n) is 3.04. The Morgan fingerprint density at radius 2 is 1.81 bits per heavy atom. The van der Waals surface area contributed by atoms with Crippen LogP contribution in [0.2, 0.25) is 10.3 Å². The maximum Gasteiger partial charge on any atom is 0.232 e. The lowest BCUT2D eigenvalue weighted by atomic mass is 10.1. The number of benzene rings is 1. The molecule has 11 heteroatoms. The normalized spacial score (nSPS) is 11.5. The minimum absolute atomic E-state index is 0.00112. The average molecular weight is 506 g/mol. The third kappa shape index (κ3) is 4.91. The van der Waals surface area contributed by atoms with Gasteiger partial charge in [0.2, 0.25) is 15.3 Å². The van der Waals surface area contributed by atoms with Crippen LogP contribution in [0.25, 0.3) is 32.4 Å². The van der Waals surface area contributed by atoms with Crippen molar-refractivity contribution in [1.82, 2.24) is 19.9 Å². The van der Waals surface area contributed by atoms with Gasteiger partial charge in [-0.3, -0.25) is 9.71 Å². The minimum atomic E-state index is -3.51. The monoisotopic (exact) mass is 505 g/mol. The Balaban J connectivity index is 1.88. The summed E-state index contributed by atoms with van der Waals surface area (Å²) in [5.74, 6) is 0.00112. The Morgan fingerprint density at radius 1 is 1.03 bits per heavy atom. The summed E-state index contributed by atoms with van der Waals surface area (Å²) in [6.45, 7) is 1.80. The fraction of sp³-hybridized carbons (Fsp3) is 0.143. The van der Waals surface area contributed by atoms with Gasteiger partial charge in [-0.25, -0.2) is 23.4 Å². The molecule has 0 aliphatic heterocycles. The van der Waals surface area contributed by atoms with Gasteiger partial charge in [-0.1, -0.05) is 30.7 Å². The lowest BCUT2D eigenvalue weighted by molar-refractivity contribution is 0.600. The quantitative estimate of drug-likeness (QED) is 0.319. The number of hydrogen-bond acceptors (Lipinski definition) is 7. The van der Waals surface area contributed by atoms with E-state index in [1.165, 1.54) is 11.3 Å². The first-order valence-electron chi connectivity index (χ1n) is 9.57. The second-order valence-corrected chi connectivity index (χ2v) is 10.3. The predicted octanol–water partition coefficient (Wildman–Crippen LogP) is 5.79. The van der Waals surface area contributed by atoms with Crippen LogP contribution in [0, 0.1) is 0 Å². The van der Waals surface area contributed by atoms with Crippen molar-refractivity contribution in [2.24, 2.45) is 0 Å². The fourth-order valence-corrected chi connectivity index (χ4v) is 5.70. The predicted molar refractivity (Wildman–Crippen MR) is 130 cm³/mol. The molecule has 4 rings (SSSR count). The van der Waals surface area contributed by atoms with Crippen molar-refractivity contribution >= 4 is 50.2 Å². The number of nitrogens with one attached hydrogen (secondary N) is 1. The summed E-state index contributed by atoms with van der Waals surface area (Å²) in [5, 5.41) is 1.10. The van der Waals surface area contributed by atoms with Crippen molar-refractivity contribution in [3.63, 3.8) is 0 Å². The first-order chi connectivity index (χ1) is 15.4. The average Bonchev–Trinajstić information content (AvgIpc) is 3.21. The van der Waals surface area contributed by atoms with Gasteiger partial charge in [-0.05, 0) is 42.3 Å². The molecule has 1 aromatic carbocycles. The van der Waals surface area contributed by atoms with Gasteiger partial charge in [-0.15, -0.1) is 11.3 Å². The highest BCUT2D eigenvalue weighted by Crippen LogP contribution is 2.43. The molecule has 0 aliphatic carbocycles. The third-order valence-corrected chi connectivity index (χ3v) is 7.60. The van der Waals surface area contributed by atoms with Crippen LogP contribution in [-0.4, -0.2) is 34.1 Å². The summed E-state index contributed by atoms with van der Waals surface area (Å²) >= 11 is 14.1. The number of thiazole rings is 1. The maximum absolute atomic E-state index is 12.3. The van der Waals surface area contributed by atoms with Gasteiger partial charge in [0.05, 0.1) is 32.7 Å². The molecule has 4 aromatic rings. The van der Waals surface area contributed by atoms with E-state index >= 15 is 0 Å². The van der Waals surface area contributed by atoms with Crippen molar-refractivity contribution in [2.45, 2.75) is 13.3 Å². The number of rotatable bonds is 7. The van der Waals surface area contributed by atoms with E-state index in [2.05, 4.69) is 19.7 Å². The maximum atomic E-state index is 12.3. The van der Waals surface area contributed by atoms with E-state index in [0.29, 0.717) is 29.1 Å². The highest BCUT2D eigenvalue weighted by atomic mass is 35.5. The molecule has 0 aliphatic rings. The molecule has 164 valence electrons. The molecule has 1 N–H and O–H groups in total. The number of anilines is 1. The Morgan fingerprint density at radius 3 is 2.53 bits per heavy atom. The van der Waals surface area contributed by atoms with Crippen molar-refractivity contribution in [1.29, 1.82) is 0 Å². The molecule has 0 atom stereocenters. The zero-order chi connectivity index (χ0) is 22.7. The molecule has 0 saturated carbocycles. The van der Waals surface area contributed by atoms with Crippen LogP contribution in [0.5, 0.6) is 0 Å². The molecule has 7 nitrogen and oxygen atoms in total. The van der Waals surface area contributed by atoms with Gasteiger partial charge in [0.15, 0.2) is 0 Å². The first kappa shape index (κ1) is 22.6. The Kier molecular flexibility index (Phi) is 6.71. The number of sulfonamides is 1. The number of nitrogens with zero attached hydrogens (tertiary/aromatic N) is 4. The number of halogens is 2. The molecule has 0 radical (unpaired) electrons. The van der Waals surface area contributed by atoms with Crippen LogP contribution in [0.1, 0.15) is 13.3 Å². The van der Waals surface area contributed by atoms with Crippen LogP contribution in [0.3, 0.4) is 0 Å². The van der Waals surface area contributed by atoms with E-state index in [1.54, 1.807) is 49.8 Å². The van der Waals surface area contributed by atoms with E-state index < -0.39 is 10.0 Å². The topological polar surface area (TPSA) is 97.7 Å². The van der Waals surface area contributed by atoms with E-state index in [-0.39, 0.29) is 16.1 Å². The lowest BCUT2D eigenvalue weighted by Crippen LogP contribution is -2.16. The molecule has 3 aromatic heterocycles. The molecular weight excluding hydrogens is 489 g/mol. The van der Waals surface area contributed by atoms with Crippen LogP contribution >= 0.6 is 34.5 Å². The van der Waals surface area contributed by atoms with Crippen molar-refractivity contribution in [3.05, 3.63) is 65.3 Å². The summed E-state index contributed by atoms with van der Waals surface area (Å²) < 4.78 is 27.2. The molecular formula is C21H17Cl2N5O2S2. The zero-order valence-corrected chi connectivity index (χ0v) is 19.9. The molecule has 3 heterocycles. The molecule has 0 bridgehead atoms. The molecule has 0 saturated heterocycles. The summed E-state index contributed by atoms with van der Waals surface area (Å²) in [5.41, 5.74) is 2.91. The summed E-state index contributed by atoms with van der Waals surface area (Å²) in [6.07, 6.45) is 5.44. The Hall–Kier alpha value is -2.59. The largest absolute Gasteiger partial charge is 0.282 e. The van der Waals surface area contributed by atoms with Crippen LogP contribution in [0.15, 0.2) is 55.0 Å². The second kappa shape index (κ2) is 9.50. The van der Waals surface area contributed by atoms with Crippen molar-refractivity contribution < 1.29 is 8.42 Å². The van der Waals surface area contributed by atoms with Crippen LogP contribution in [-0.2, 0) is 10.0 Å². The Labute approximate surface area is 199 Å². The number of aromatic nitrogens is 4. The van der Waals surface area contributed by atoms with E-state index in [4.69, 9.17) is 28.2 Å². The SMILES string of the molecule is CCCS(=O)(=O)Nc1cccc(-c2nc(-c3ccncc3)sc2-c2ccnc(Cl)n2)c1Cl. The smallest absolute Gasteiger partial charge is 0.232 e. The third-order valence-electron chi connectivity index (χ3n) is 4.41. The van der Waals surface area contributed by atoms with E-state index in [0.717, 1.165) is 15.4 Å². The van der Waals surface area contributed by atoms with Crippen LogP contribution < -0.4 is 4.72 Å². The minimum Gasteiger partial charge on any atom is -0.282 e. The zero-order valence-electron chi connectivity index (χ0n) is 16.8. The van der Waals surface area contributed by atoms with Crippen molar-refractivity contribution in [3.8, 4) is 32.4 Å². The first-order valence-corrected chi connectivity index (χ1v) is 12.8. The van der Waals surface area contributed by atoms with E-state index in [1.807, 2.05) is 12.1 Å². The summed E-state index contributed by atoms with van der Waals surface area (Å²) in [4.78, 5) is 17.9. The van der Waals surface area contributed by atoms with Gasteiger partial charge in [0, 0.05) is 29.7 Å². The van der Waals surface area contributed by atoms with Gasteiger partial charge in [0.25, 0.3) is 0 Å². The number of hydrogen-bond donors (Lipinski definition) is 1. The van der Waals surface area contributed by atoms with Gasteiger partial charge < -0.3 is 0 Å². The number of pyridine rings is 1. The Bertz CT molecular complexity index is 1360.